The van der Waals surface area contributed by atoms with Crippen LogP contribution < -0.4 is 10.9 Å². The molecule has 1 unspecified atom stereocenters. The minimum atomic E-state index is -0.189. The predicted molar refractivity (Wildman–Crippen MR) is 85.4 cm³/mol. The Morgan fingerprint density at radius 2 is 2.41 bits per heavy atom. The van der Waals surface area contributed by atoms with Crippen LogP contribution in [0.25, 0.3) is 11.0 Å². The van der Waals surface area contributed by atoms with Crippen molar-refractivity contribution in [3.05, 3.63) is 16.6 Å². The number of thioether (sulfide) groups is 2. The smallest absolute Gasteiger partial charge is 0.265 e. The largest absolute Gasteiger partial charge is 0.305 e. The van der Waals surface area contributed by atoms with E-state index in [9.17, 15) is 9.59 Å². The second-order valence-electron chi connectivity index (χ2n) is 4.95. The number of rotatable bonds is 2. The average molecular weight is 336 g/mol. The Labute approximate surface area is 133 Å². The zero-order valence-electron chi connectivity index (χ0n) is 11.4. The van der Waals surface area contributed by atoms with Gasteiger partial charge in [0.15, 0.2) is 16.0 Å². The summed E-state index contributed by atoms with van der Waals surface area (Å²) in [6.07, 6.45) is 1.71. The maximum Gasteiger partial charge on any atom is 0.265 e. The molecule has 2 N–H and O–H groups in total. The molecule has 0 fully saturated rings. The molecule has 22 heavy (non-hydrogen) atoms. The standard InChI is InChI=1S/C12H12N6O2S2/c19-8(15-11-13-1-2-21-11)3-6-5-22-12-16-9-7(4-14-17-9)10(20)18(6)12/h4,6H,1-3,5H2,(H,14,17)(H,13,15,19). The van der Waals surface area contributed by atoms with E-state index in [-0.39, 0.29) is 23.9 Å². The molecule has 1 amide bonds. The highest BCUT2D eigenvalue weighted by Crippen LogP contribution is 2.32. The van der Waals surface area contributed by atoms with Gasteiger partial charge in [0, 0.05) is 17.9 Å². The van der Waals surface area contributed by atoms with E-state index < -0.39 is 0 Å². The van der Waals surface area contributed by atoms with Gasteiger partial charge in [-0.15, -0.1) is 0 Å². The first-order valence-corrected chi connectivity index (χ1v) is 8.75. The van der Waals surface area contributed by atoms with Gasteiger partial charge in [-0.1, -0.05) is 23.5 Å². The fraction of sp³-hybridized carbons (Fsp3) is 0.417. The Bertz CT molecular complexity index is 842. The number of nitrogens with zero attached hydrogens (tertiary/aromatic N) is 4. The number of hydrogen-bond donors (Lipinski definition) is 2. The fourth-order valence-corrected chi connectivity index (χ4v) is 4.38. The second kappa shape index (κ2) is 5.43. The monoisotopic (exact) mass is 336 g/mol. The molecule has 2 aliphatic rings. The maximum absolute atomic E-state index is 12.5. The molecule has 0 saturated carbocycles. The number of aliphatic imine (C=N–C) groups is 1. The first-order valence-electron chi connectivity index (χ1n) is 6.78. The van der Waals surface area contributed by atoms with E-state index in [1.54, 1.807) is 4.57 Å². The number of amidine groups is 1. The zero-order valence-corrected chi connectivity index (χ0v) is 13.0. The minimum absolute atomic E-state index is 0.120. The summed E-state index contributed by atoms with van der Waals surface area (Å²) >= 11 is 3.02. The van der Waals surface area contributed by atoms with Crippen molar-refractivity contribution >= 4 is 45.6 Å². The Balaban J connectivity index is 1.58. The number of aromatic nitrogens is 4. The highest BCUT2D eigenvalue weighted by Gasteiger charge is 2.29. The predicted octanol–water partition coefficient (Wildman–Crippen LogP) is 0.375. The number of carbonyl (C=O) groups is 1. The Morgan fingerprint density at radius 1 is 1.50 bits per heavy atom. The van der Waals surface area contributed by atoms with Crippen molar-refractivity contribution in [1.82, 2.24) is 25.1 Å². The van der Waals surface area contributed by atoms with Gasteiger partial charge in [0.25, 0.3) is 5.56 Å². The number of fused-ring (bicyclic) bond motifs is 2. The van der Waals surface area contributed by atoms with Crippen LogP contribution in [0.2, 0.25) is 0 Å². The summed E-state index contributed by atoms with van der Waals surface area (Å²) in [5, 5.41) is 11.1. The van der Waals surface area contributed by atoms with Crippen LogP contribution in [0.1, 0.15) is 12.5 Å². The number of nitrogens with one attached hydrogen (secondary N) is 2. The minimum Gasteiger partial charge on any atom is -0.305 e. The molecule has 2 aromatic rings. The number of H-pyrrole nitrogens is 1. The van der Waals surface area contributed by atoms with Crippen LogP contribution in [0, 0.1) is 0 Å². The van der Waals surface area contributed by atoms with Gasteiger partial charge in [-0.2, -0.15) is 5.10 Å². The highest BCUT2D eigenvalue weighted by molar-refractivity contribution is 8.14. The van der Waals surface area contributed by atoms with Crippen LogP contribution in [0.15, 0.2) is 21.1 Å². The normalized spacial score (nSPS) is 20.2. The lowest BCUT2D eigenvalue weighted by molar-refractivity contribution is -0.120. The summed E-state index contributed by atoms with van der Waals surface area (Å²) in [7, 11) is 0. The lowest BCUT2D eigenvalue weighted by Gasteiger charge is -2.12. The number of carbonyl (C=O) groups excluding carboxylic acids is 1. The quantitative estimate of drug-likeness (QED) is 0.768. The average Bonchev–Trinajstić information content (AvgIpc) is 3.20. The van der Waals surface area contributed by atoms with Crippen LogP contribution in [0.4, 0.5) is 0 Å². The van der Waals surface area contributed by atoms with Crippen molar-refractivity contribution in [3.63, 3.8) is 0 Å². The van der Waals surface area contributed by atoms with Crippen LogP contribution in [-0.2, 0) is 4.79 Å². The topological polar surface area (TPSA) is 105 Å². The van der Waals surface area contributed by atoms with Crippen molar-refractivity contribution in [2.24, 2.45) is 4.99 Å². The summed E-state index contributed by atoms with van der Waals surface area (Å²) in [4.78, 5) is 33.2. The molecule has 0 bridgehead atoms. The van der Waals surface area contributed by atoms with Gasteiger partial charge in [0.05, 0.1) is 18.8 Å². The van der Waals surface area contributed by atoms with E-state index in [0.717, 1.165) is 12.3 Å². The third-order valence-electron chi connectivity index (χ3n) is 3.50. The molecule has 0 radical (unpaired) electrons. The molecule has 8 nitrogen and oxygen atoms in total. The number of hydrogen-bond acceptors (Lipinski definition) is 7. The van der Waals surface area contributed by atoms with Gasteiger partial charge >= 0.3 is 0 Å². The summed E-state index contributed by atoms with van der Waals surface area (Å²) < 4.78 is 1.60. The summed E-state index contributed by atoms with van der Waals surface area (Å²) in [5.41, 5.74) is 0.342. The van der Waals surface area contributed by atoms with E-state index in [4.69, 9.17) is 0 Å². The maximum atomic E-state index is 12.5. The number of aromatic amines is 1. The van der Waals surface area contributed by atoms with Gasteiger partial charge < -0.3 is 5.32 Å². The molecular weight excluding hydrogens is 324 g/mol. The van der Waals surface area contributed by atoms with Crippen LogP contribution in [-0.4, -0.2) is 48.9 Å². The molecule has 0 saturated heterocycles. The lowest BCUT2D eigenvalue weighted by Crippen LogP contribution is -2.32. The molecular formula is C12H12N6O2S2. The number of amides is 1. The van der Waals surface area contributed by atoms with Crippen molar-refractivity contribution in [1.29, 1.82) is 0 Å². The van der Waals surface area contributed by atoms with E-state index in [1.165, 1.54) is 29.7 Å². The Hall–Kier alpha value is -1.81. The Morgan fingerprint density at radius 3 is 3.23 bits per heavy atom. The summed E-state index contributed by atoms with van der Waals surface area (Å²) in [6.45, 7) is 0.740. The third kappa shape index (κ3) is 2.31. The van der Waals surface area contributed by atoms with E-state index in [2.05, 4.69) is 25.5 Å². The summed E-state index contributed by atoms with van der Waals surface area (Å²) in [5.74, 6) is 1.44. The zero-order chi connectivity index (χ0) is 15.1. The van der Waals surface area contributed by atoms with Crippen molar-refractivity contribution in [2.75, 3.05) is 18.1 Å². The van der Waals surface area contributed by atoms with Crippen molar-refractivity contribution in [2.45, 2.75) is 17.6 Å². The Kier molecular flexibility index (Phi) is 3.41. The van der Waals surface area contributed by atoms with Gasteiger partial charge in [-0.05, 0) is 0 Å². The SMILES string of the molecule is O=C(CC1CSc2nc3[nH]ncc3c(=O)n21)NC1=NCCS1. The molecule has 0 aliphatic carbocycles. The molecule has 2 aliphatic heterocycles. The molecule has 1 atom stereocenters. The molecule has 4 heterocycles. The van der Waals surface area contributed by atoms with Gasteiger partial charge in [0.1, 0.15) is 5.39 Å². The highest BCUT2D eigenvalue weighted by atomic mass is 32.2. The van der Waals surface area contributed by atoms with E-state index >= 15 is 0 Å². The van der Waals surface area contributed by atoms with Crippen molar-refractivity contribution in [3.8, 4) is 0 Å². The van der Waals surface area contributed by atoms with Gasteiger partial charge in [-0.25, -0.2) is 4.98 Å². The van der Waals surface area contributed by atoms with E-state index in [0.29, 0.717) is 27.1 Å². The molecule has 114 valence electrons. The van der Waals surface area contributed by atoms with Crippen LogP contribution >= 0.6 is 23.5 Å². The first-order chi connectivity index (χ1) is 10.7. The first kappa shape index (κ1) is 13.8. The van der Waals surface area contributed by atoms with Crippen LogP contribution in [0.3, 0.4) is 0 Å². The molecule has 0 spiro atoms. The lowest BCUT2D eigenvalue weighted by atomic mass is 10.2. The van der Waals surface area contributed by atoms with E-state index in [1.807, 2.05) is 0 Å². The molecule has 10 heteroatoms. The van der Waals surface area contributed by atoms with Gasteiger partial charge in [-0.3, -0.25) is 24.2 Å². The van der Waals surface area contributed by atoms with Crippen molar-refractivity contribution < 1.29 is 4.79 Å². The second-order valence-corrected chi connectivity index (χ2v) is 7.03. The molecule has 2 aromatic heterocycles. The summed E-state index contributed by atoms with van der Waals surface area (Å²) in [6, 6.07) is -0.189. The molecule has 0 aromatic carbocycles. The third-order valence-corrected chi connectivity index (χ3v) is 5.49. The fourth-order valence-electron chi connectivity index (χ4n) is 2.50. The van der Waals surface area contributed by atoms with Gasteiger partial charge in [0.2, 0.25) is 5.91 Å². The molecule has 4 rings (SSSR count). The van der Waals surface area contributed by atoms with Crippen LogP contribution in [0.5, 0.6) is 0 Å².